The van der Waals surface area contributed by atoms with Gasteiger partial charge >= 0.3 is 6.03 Å². The van der Waals surface area contributed by atoms with E-state index in [4.69, 9.17) is 5.73 Å². The molecule has 70 valence electrons. The molecule has 1 rings (SSSR count). The molecule has 1 unspecified atom stereocenters. The highest BCUT2D eigenvalue weighted by atomic mass is 16.2. The fourth-order valence-electron chi connectivity index (χ4n) is 1.03. The van der Waals surface area contributed by atoms with Crippen LogP contribution in [0.5, 0.6) is 0 Å². The molecular weight excluding hydrogens is 154 g/mol. The van der Waals surface area contributed by atoms with Crippen LogP contribution in [0.25, 0.3) is 0 Å². The van der Waals surface area contributed by atoms with Crippen molar-refractivity contribution in [3.05, 3.63) is 0 Å². The van der Waals surface area contributed by atoms with Crippen LogP contribution in [-0.4, -0.2) is 36.6 Å². The van der Waals surface area contributed by atoms with Gasteiger partial charge in [0.1, 0.15) is 0 Å². The predicted molar refractivity (Wildman–Crippen MR) is 47.8 cm³/mol. The maximum absolute atomic E-state index is 11.3. The van der Waals surface area contributed by atoms with Gasteiger partial charge < -0.3 is 16.0 Å². The van der Waals surface area contributed by atoms with E-state index in [9.17, 15) is 4.79 Å². The van der Waals surface area contributed by atoms with Crippen molar-refractivity contribution in [2.24, 2.45) is 5.73 Å². The van der Waals surface area contributed by atoms with Crippen LogP contribution in [0.4, 0.5) is 4.79 Å². The van der Waals surface area contributed by atoms with Gasteiger partial charge in [-0.05, 0) is 19.8 Å². The number of hydrogen-bond donors (Lipinski definition) is 2. The number of likely N-dealkylation sites (N-methyl/N-ethyl adjacent to an activating group) is 1. The second kappa shape index (κ2) is 3.76. The van der Waals surface area contributed by atoms with Crippen molar-refractivity contribution < 1.29 is 4.79 Å². The lowest BCUT2D eigenvalue weighted by molar-refractivity contribution is 0.206. The average Bonchev–Trinajstić information content (AvgIpc) is 2.70. The van der Waals surface area contributed by atoms with Crippen molar-refractivity contribution in [1.82, 2.24) is 10.2 Å². The number of nitrogens with one attached hydrogen (secondary N) is 1. The number of carbonyl (C=O) groups is 1. The van der Waals surface area contributed by atoms with Crippen LogP contribution >= 0.6 is 0 Å². The van der Waals surface area contributed by atoms with Gasteiger partial charge in [0.2, 0.25) is 0 Å². The SMILES string of the molecule is CC(N)CN(C)C(=O)NC1CC1. The zero-order valence-corrected chi connectivity index (χ0v) is 7.71. The molecule has 12 heavy (non-hydrogen) atoms. The maximum atomic E-state index is 11.3. The molecule has 0 aromatic heterocycles. The van der Waals surface area contributed by atoms with Crippen LogP contribution in [0.3, 0.4) is 0 Å². The van der Waals surface area contributed by atoms with Gasteiger partial charge in [0.25, 0.3) is 0 Å². The first-order valence-electron chi connectivity index (χ1n) is 4.37. The summed E-state index contributed by atoms with van der Waals surface area (Å²) in [5, 5.41) is 2.89. The molecule has 1 aliphatic carbocycles. The summed E-state index contributed by atoms with van der Waals surface area (Å²) >= 11 is 0. The third-order valence-electron chi connectivity index (χ3n) is 1.81. The van der Waals surface area contributed by atoms with E-state index in [1.807, 2.05) is 6.92 Å². The van der Waals surface area contributed by atoms with Crippen LogP contribution in [-0.2, 0) is 0 Å². The van der Waals surface area contributed by atoms with Gasteiger partial charge in [0.05, 0.1) is 0 Å². The molecule has 0 aliphatic heterocycles. The number of urea groups is 1. The van der Waals surface area contributed by atoms with Crippen molar-refractivity contribution in [3.63, 3.8) is 0 Å². The quantitative estimate of drug-likeness (QED) is 0.634. The molecule has 0 aromatic carbocycles. The normalized spacial score (nSPS) is 18.6. The van der Waals surface area contributed by atoms with Crippen molar-refractivity contribution in [1.29, 1.82) is 0 Å². The topological polar surface area (TPSA) is 58.4 Å². The molecule has 0 heterocycles. The van der Waals surface area contributed by atoms with E-state index in [1.165, 1.54) is 0 Å². The molecule has 0 saturated heterocycles. The molecule has 2 amide bonds. The third kappa shape index (κ3) is 3.09. The average molecular weight is 171 g/mol. The van der Waals surface area contributed by atoms with Gasteiger partial charge in [0.15, 0.2) is 0 Å². The van der Waals surface area contributed by atoms with E-state index in [0.717, 1.165) is 12.8 Å². The number of nitrogens with zero attached hydrogens (tertiary/aromatic N) is 1. The Morgan fingerprint density at radius 2 is 2.33 bits per heavy atom. The van der Waals surface area contributed by atoms with Crippen molar-refractivity contribution in [2.45, 2.75) is 31.8 Å². The summed E-state index contributed by atoms with van der Waals surface area (Å²) in [4.78, 5) is 12.9. The third-order valence-corrected chi connectivity index (χ3v) is 1.81. The lowest BCUT2D eigenvalue weighted by Crippen LogP contribution is -2.43. The molecule has 0 radical (unpaired) electrons. The molecule has 0 bridgehead atoms. The molecule has 1 saturated carbocycles. The fourth-order valence-corrected chi connectivity index (χ4v) is 1.03. The Hall–Kier alpha value is -0.770. The van der Waals surface area contributed by atoms with Crippen molar-refractivity contribution in [3.8, 4) is 0 Å². The summed E-state index contributed by atoms with van der Waals surface area (Å²) in [6.07, 6.45) is 2.25. The first kappa shape index (κ1) is 9.32. The van der Waals surface area contributed by atoms with Crippen molar-refractivity contribution >= 4 is 6.03 Å². The highest BCUT2D eigenvalue weighted by Crippen LogP contribution is 2.18. The Kier molecular flexibility index (Phi) is 2.92. The smallest absolute Gasteiger partial charge is 0.317 e. The Morgan fingerprint density at radius 3 is 2.75 bits per heavy atom. The van der Waals surface area contributed by atoms with E-state index in [2.05, 4.69) is 5.32 Å². The number of nitrogens with two attached hydrogens (primary N) is 1. The monoisotopic (exact) mass is 171 g/mol. The number of rotatable bonds is 3. The highest BCUT2D eigenvalue weighted by Gasteiger charge is 2.24. The van der Waals surface area contributed by atoms with Gasteiger partial charge in [-0.1, -0.05) is 0 Å². The molecule has 4 heteroatoms. The number of carbonyl (C=O) groups excluding carboxylic acids is 1. The van der Waals surface area contributed by atoms with Crippen molar-refractivity contribution in [2.75, 3.05) is 13.6 Å². The Labute approximate surface area is 73.1 Å². The zero-order valence-electron chi connectivity index (χ0n) is 7.71. The summed E-state index contributed by atoms with van der Waals surface area (Å²) < 4.78 is 0. The first-order valence-corrected chi connectivity index (χ1v) is 4.37. The molecule has 1 fully saturated rings. The minimum Gasteiger partial charge on any atom is -0.335 e. The second-order valence-electron chi connectivity index (χ2n) is 3.58. The summed E-state index contributed by atoms with van der Waals surface area (Å²) in [6.45, 7) is 2.50. The molecule has 0 spiro atoms. The van der Waals surface area contributed by atoms with Crippen LogP contribution in [0, 0.1) is 0 Å². The predicted octanol–water partition coefficient (Wildman–Crippen LogP) is 0.137. The molecule has 1 atom stereocenters. The van der Waals surface area contributed by atoms with E-state index < -0.39 is 0 Å². The summed E-state index contributed by atoms with van der Waals surface area (Å²) in [7, 11) is 1.76. The van der Waals surface area contributed by atoms with Crippen LogP contribution < -0.4 is 11.1 Å². The Morgan fingerprint density at radius 1 is 1.75 bits per heavy atom. The molecule has 1 aliphatic rings. The second-order valence-corrected chi connectivity index (χ2v) is 3.58. The van der Waals surface area contributed by atoms with E-state index in [1.54, 1.807) is 11.9 Å². The van der Waals surface area contributed by atoms with Gasteiger partial charge in [0, 0.05) is 25.7 Å². The number of hydrogen-bond acceptors (Lipinski definition) is 2. The lowest BCUT2D eigenvalue weighted by atomic mass is 10.3. The zero-order chi connectivity index (χ0) is 9.14. The fraction of sp³-hybridized carbons (Fsp3) is 0.875. The minimum atomic E-state index is -0.00481. The lowest BCUT2D eigenvalue weighted by Gasteiger charge is -2.19. The molecule has 4 nitrogen and oxygen atoms in total. The molecular formula is C8H17N3O. The first-order chi connectivity index (χ1) is 5.59. The van der Waals surface area contributed by atoms with Crippen LogP contribution in [0.2, 0.25) is 0 Å². The van der Waals surface area contributed by atoms with Gasteiger partial charge in [-0.2, -0.15) is 0 Å². The maximum Gasteiger partial charge on any atom is 0.317 e. The Balaban J connectivity index is 2.19. The van der Waals surface area contributed by atoms with Gasteiger partial charge in [-0.15, -0.1) is 0 Å². The highest BCUT2D eigenvalue weighted by molar-refractivity contribution is 5.74. The van der Waals surface area contributed by atoms with Gasteiger partial charge in [-0.25, -0.2) is 4.79 Å². The van der Waals surface area contributed by atoms with Crippen LogP contribution in [0.1, 0.15) is 19.8 Å². The van der Waals surface area contributed by atoms with Gasteiger partial charge in [-0.3, -0.25) is 0 Å². The van der Waals surface area contributed by atoms with E-state index in [0.29, 0.717) is 12.6 Å². The van der Waals surface area contributed by atoms with E-state index in [-0.39, 0.29) is 12.1 Å². The van der Waals surface area contributed by atoms with Crippen LogP contribution in [0.15, 0.2) is 0 Å². The summed E-state index contributed by atoms with van der Waals surface area (Å²) in [5.41, 5.74) is 5.56. The number of amides is 2. The standard InChI is InChI=1S/C8H17N3O/c1-6(9)5-11(2)8(12)10-7-3-4-7/h6-7H,3-5,9H2,1-2H3,(H,10,12). The summed E-state index contributed by atoms with van der Waals surface area (Å²) in [6, 6.07) is 0.461. The van der Waals surface area contributed by atoms with E-state index >= 15 is 0 Å². The molecule has 3 N–H and O–H groups in total. The largest absolute Gasteiger partial charge is 0.335 e. The Bertz CT molecular complexity index is 166. The summed E-state index contributed by atoms with van der Waals surface area (Å²) in [5.74, 6) is 0. The molecule has 0 aromatic rings. The minimum absolute atomic E-state index is 0.00481.